The van der Waals surface area contributed by atoms with Crippen molar-refractivity contribution < 1.29 is 0 Å². The fourth-order valence-corrected chi connectivity index (χ4v) is 2.19. The summed E-state index contributed by atoms with van der Waals surface area (Å²) < 4.78 is 1.64. The molecular weight excluding hydrogens is 264 g/mol. The van der Waals surface area contributed by atoms with Crippen molar-refractivity contribution in [3.05, 3.63) is 60.7 Å². The van der Waals surface area contributed by atoms with Gasteiger partial charge in [0.1, 0.15) is 12.0 Å². The maximum absolute atomic E-state index is 6.20. The number of aromatic nitrogens is 4. The Morgan fingerprint density at radius 3 is 2.67 bits per heavy atom. The standard InChI is InChI=1S/C15H16N6/c1-20(10-12-6-3-2-4-7-12)14-13(16)15(18-11-17-14)21-9-5-8-19-21/h2-9,11H,10,16H2,1H3. The van der Waals surface area contributed by atoms with Crippen LogP contribution in [-0.2, 0) is 6.54 Å². The summed E-state index contributed by atoms with van der Waals surface area (Å²) in [6.45, 7) is 0.723. The molecule has 6 heteroatoms. The minimum absolute atomic E-state index is 0.514. The van der Waals surface area contributed by atoms with Gasteiger partial charge in [0, 0.05) is 26.0 Å². The van der Waals surface area contributed by atoms with Gasteiger partial charge in [0.15, 0.2) is 11.6 Å². The molecule has 0 saturated heterocycles. The van der Waals surface area contributed by atoms with Crippen LogP contribution in [0.3, 0.4) is 0 Å². The maximum Gasteiger partial charge on any atom is 0.181 e. The van der Waals surface area contributed by atoms with Gasteiger partial charge in [-0.1, -0.05) is 30.3 Å². The van der Waals surface area contributed by atoms with Crippen molar-refractivity contribution in [2.45, 2.75) is 6.54 Å². The highest BCUT2D eigenvalue weighted by molar-refractivity contribution is 5.69. The van der Waals surface area contributed by atoms with Crippen LogP contribution in [0.25, 0.3) is 5.82 Å². The lowest BCUT2D eigenvalue weighted by molar-refractivity contribution is 0.830. The van der Waals surface area contributed by atoms with Gasteiger partial charge in [-0.25, -0.2) is 14.6 Å². The van der Waals surface area contributed by atoms with Crippen molar-refractivity contribution in [3.63, 3.8) is 0 Å². The average Bonchev–Trinajstić information content (AvgIpc) is 3.02. The molecule has 2 heterocycles. The second-order valence-electron chi connectivity index (χ2n) is 4.73. The fraction of sp³-hybridized carbons (Fsp3) is 0.133. The average molecular weight is 280 g/mol. The third-order valence-corrected chi connectivity index (χ3v) is 3.19. The number of rotatable bonds is 4. The number of nitrogens with two attached hydrogens (primary N) is 1. The molecule has 2 aromatic heterocycles. The summed E-state index contributed by atoms with van der Waals surface area (Å²) in [5.74, 6) is 1.28. The molecule has 0 aliphatic heterocycles. The predicted molar refractivity (Wildman–Crippen MR) is 82.1 cm³/mol. The summed E-state index contributed by atoms with van der Waals surface area (Å²) in [6, 6.07) is 12.0. The van der Waals surface area contributed by atoms with E-state index in [1.807, 2.05) is 36.2 Å². The van der Waals surface area contributed by atoms with Gasteiger partial charge in [-0.3, -0.25) is 0 Å². The molecule has 6 nitrogen and oxygen atoms in total. The molecule has 0 spiro atoms. The number of hydrogen-bond donors (Lipinski definition) is 1. The van der Waals surface area contributed by atoms with E-state index in [-0.39, 0.29) is 0 Å². The maximum atomic E-state index is 6.20. The van der Waals surface area contributed by atoms with Gasteiger partial charge in [0.25, 0.3) is 0 Å². The lowest BCUT2D eigenvalue weighted by Crippen LogP contribution is -2.20. The fourth-order valence-electron chi connectivity index (χ4n) is 2.19. The molecule has 3 rings (SSSR count). The van der Waals surface area contributed by atoms with E-state index in [0.29, 0.717) is 17.3 Å². The smallest absolute Gasteiger partial charge is 0.181 e. The molecule has 0 radical (unpaired) electrons. The van der Waals surface area contributed by atoms with Crippen LogP contribution >= 0.6 is 0 Å². The Labute approximate surface area is 122 Å². The summed E-state index contributed by atoms with van der Waals surface area (Å²) in [6.07, 6.45) is 5.00. The summed E-state index contributed by atoms with van der Waals surface area (Å²) >= 11 is 0. The Balaban J connectivity index is 1.90. The summed E-state index contributed by atoms with van der Waals surface area (Å²) in [5.41, 5.74) is 7.91. The van der Waals surface area contributed by atoms with Gasteiger partial charge in [0.05, 0.1) is 0 Å². The molecule has 0 amide bonds. The normalized spacial score (nSPS) is 10.5. The second kappa shape index (κ2) is 5.62. The molecule has 106 valence electrons. The first-order valence-corrected chi connectivity index (χ1v) is 6.61. The van der Waals surface area contributed by atoms with Crippen molar-refractivity contribution in [2.24, 2.45) is 0 Å². The summed E-state index contributed by atoms with van der Waals surface area (Å²) in [5, 5.41) is 4.16. The lowest BCUT2D eigenvalue weighted by Gasteiger charge is -2.20. The molecule has 0 fully saturated rings. The van der Waals surface area contributed by atoms with E-state index in [1.54, 1.807) is 17.1 Å². The molecule has 3 aromatic rings. The van der Waals surface area contributed by atoms with Gasteiger partial charge in [-0.15, -0.1) is 0 Å². The molecule has 0 bridgehead atoms. The van der Waals surface area contributed by atoms with Gasteiger partial charge in [-0.05, 0) is 11.6 Å². The zero-order valence-corrected chi connectivity index (χ0v) is 11.7. The largest absolute Gasteiger partial charge is 0.393 e. The minimum Gasteiger partial charge on any atom is -0.393 e. The van der Waals surface area contributed by atoms with Crippen LogP contribution in [0.15, 0.2) is 55.1 Å². The number of nitrogens with zero attached hydrogens (tertiary/aromatic N) is 5. The van der Waals surface area contributed by atoms with E-state index < -0.39 is 0 Å². The van der Waals surface area contributed by atoms with Gasteiger partial charge in [-0.2, -0.15) is 5.10 Å². The highest BCUT2D eigenvalue weighted by Crippen LogP contribution is 2.24. The van der Waals surface area contributed by atoms with E-state index >= 15 is 0 Å². The SMILES string of the molecule is CN(Cc1ccccc1)c1ncnc(-n2cccn2)c1N. The van der Waals surface area contributed by atoms with Gasteiger partial charge in [0.2, 0.25) is 0 Å². The van der Waals surface area contributed by atoms with Crippen LogP contribution in [0.1, 0.15) is 5.56 Å². The Bertz CT molecular complexity index is 708. The topological polar surface area (TPSA) is 72.9 Å². The Morgan fingerprint density at radius 1 is 1.14 bits per heavy atom. The molecule has 0 atom stereocenters. The highest BCUT2D eigenvalue weighted by atomic mass is 15.3. The highest BCUT2D eigenvalue weighted by Gasteiger charge is 2.13. The third kappa shape index (κ3) is 2.69. The molecule has 0 aliphatic rings. The van der Waals surface area contributed by atoms with E-state index in [9.17, 15) is 0 Å². The molecule has 2 N–H and O–H groups in total. The van der Waals surface area contributed by atoms with Crippen LogP contribution in [-0.4, -0.2) is 26.8 Å². The van der Waals surface area contributed by atoms with E-state index in [4.69, 9.17) is 5.73 Å². The number of hydrogen-bond acceptors (Lipinski definition) is 5. The van der Waals surface area contributed by atoms with Crippen molar-refractivity contribution >= 4 is 11.5 Å². The van der Waals surface area contributed by atoms with E-state index in [0.717, 1.165) is 6.54 Å². The zero-order valence-electron chi connectivity index (χ0n) is 11.7. The minimum atomic E-state index is 0.514. The monoisotopic (exact) mass is 280 g/mol. The van der Waals surface area contributed by atoms with Gasteiger partial charge >= 0.3 is 0 Å². The quantitative estimate of drug-likeness (QED) is 0.790. The van der Waals surface area contributed by atoms with Crippen molar-refractivity contribution in [2.75, 3.05) is 17.7 Å². The number of benzene rings is 1. The first kappa shape index (κ1) is 13.1. The van der Waals surface area contributed by atoms with Crippen molar-refractivity contribution in [3.8, 4) is 5.82 Å². The number of nitrogen functional groups attached to an aromatic ring is 1. The molecular formula is C15H16N6. The van der Waals surface area contributed by atoms with Gasteiger partial charge < -0.3 is 10.6 Å². The summed E-state index contributed by atoms with van der Waals surface area (Å²) in [4.78, 5) is 10.5. The van der Waals surface area contributed by atoms with Crippen LogP contribution in [0.4, 0.5) is 11.5 Å². The molecule has 21 heavy (non-hydrogen) atoms. The van der Waals surface area contributed by atoms with E-state index in [1.165, 1.54) is 11.9 Å². The molecule has 1 aromatic carbocycles. The Morgan fingerprint density at radius 2 is 1.95 bits per heavy atom. The van der Waals surface area contributed by atoms with Crippen molar-refractivity contribution in [1.29, 1.82) is 0 Å². The zero-order chi connectivity index (χ0) is 14.7. The van der Waals surface area contributed by atoms with Crippen LogP contribution in [0.5, 0.6) is 0 Å². The molecule has 0 aliphatic carbocycles. The Hall–Kier alpha value is -2.89. The first-order chi connectivity index (χ1) is 10.3. The molecule has 0 saturated carbocycles. The van der Waals surface area contributed by atoms with Crippen LogP contribution in [0.2, 0.25) is 0 Å². The molecule has 0 unspecified atom stereocenters. The van der Waals surface area contributed by atoms with Crippen LogP contribution < -0.4 is 10.6 Å². The second-order valence-corrected chi connectivity index (χ2v) is 4.73. The predicted octanol–water partition coefficient (Wildman–Crippen LogP) is 1.88. The summed E-state index contributed by atoms with van der Waals surface area (Å²) in [7, 11) is 1.96. The first-order valence-electron chi connectivity index (χ1n) is 6.61. The van der Waals surface area contributed by atoms with Crippen LogP contribution in [0, 0.1) is 0 Å². The number of anilines is 2. The third-order valence-electron chi connectivity index (χ3n) is 3.19. The Kier molecular flexibility index (Phi) is 3.51. The van der Waals surface area contributed by atoms with E-state index in [2.05, 4.69) is 27.2 Å². The van der Waals surface area contributed by atoms with Crippen molar-refractivity contribution in [1.82, 2.24) is 19.7 Å². The lowest BCUT2D eigenvalue weighted by atomic mass is 10.2.